The van der Waals surface area contributed by atoms with Crippen LogP contribution in [0.25, 0.3) is 0 Å². The van der Waals surface area contributed by atoms with Crippen LogP contribution in [0, 0.1) is 5.82 Å². The molecule has 0 radical (unpaired) electrons. The number of nitrogens with zero attached hydrogens (tertiary/aromatic N) is 2. The number of likely N-dealkylation sites (N-methyl/N-ethyl adjacent to an activating group) is 1. The van der Waals surface area contributed by atoms with Gasteiger partial charge in [-0.05, 0) is 51.8 Å². The second-order valence-electron chi connectivity index (χ2n) is 6.21. The van der Waals surface area contributed by atoms with Gasteiger partial charge >= 0.3 is 0 Å². The van der Waals surface area contributed by atoms with Gasteiger partial charge in [0, 0.05) is 31.2 Å². The first-order valence-electron chi connectivity index (χ1n) is 8.01. The third-order valence-electron chi connectivity index (χ3n) is 4.08. The largest absolute Gasteiger partial charge is 0.368 e. The van der Waals surface area contributed by atoms with Gasteiger partial charge in [0.25, 0.3) is 5.91 Å². The third kappa shape index (κ3) is 4.40. The van der Waals surface area contributed by atoms with Crippen LogP contribution in [0.1, 0.15) is 22.0 Å². The molecule has 1 atom stereocenters. The Morgan fingerprint density at radius 3 is 2.29 bits per heavy atom. The molecule has 0 saturated heterocycles. The first-order chi connectivity index (χ1) is 13.0. The molecule has 0 bridgehead atoms. The SMILES string of the molecule is CN(C(=O)c1ccc(Br)c(S(=O)(=O)N(C)C)c1)C(C(N)=O)c1cccc(F)c1. The van der Waals surface area contributed by atoms with Crippen molar-refractivity contribution in [1.82, 2.24) is 9.21 Å². The van der Waals surface area contributed by atoms with Gasteiger partial charge in [-0.2, -0.15) is 0 Å². The highest BCUT2D eigenvalue weighted by Crippen LogP contribution is 2.27. The number of hydrogen-bond donors (Lipinski definition) is 1. The Morgan fingerprint density at radius 1 is 1.11 bits per heavy atom. The Hall–Kier alpha value is -2.30. The van der Waals surface area contributed by atoms with E-state index in [1.54, 1.807) is 0 Å². The summed E-state index contributed by atoms with van der Waals surface area (Å²) in [7, 11) is 0.270. The highest BCUT2D eigenvalue weighted by atomic mass is 79.9. The first-order valence-corrected chi connectivity index (χ1v) is 10.2. The lowest BCUT2D eigenvalue weighted by atomic mass is 10.0. The van der Waals surface area contributed by atoms with Crippen molar-refractivity contribution in [3.63, 3.8) is 0 Å². The number of halogens is 2. The number of hydrogen-bond acceptors (Lipinski definition) is 4. The van der Waals surface area contributed by atoms with Gasteiger partial charge in [0.15, 0.2) is 0 Å². The van der Waals surface area contributed by atoms with Crippen LogP contribution in [0.4, 0.5) is 4.39 Å². The average Bonchev–Trinajstić information content (AvgIpc) is 2.61. The topological polar surface area (TPSA) is 101 Å². The van der Waals surface area contributed by atoms with Crippen molar-refractivity contribution >= 4 is 37.8 Å². The van der Waals surface area contributed by atoms with Gasteiger partial charge in [0.05, 0.1) is 4.90 Å². The maximum atomic E-state index is 13.6. The molecule has 150 valence electrons. The van der Waals surface area contributed by atoms with Crippen LogP contribution >= 0.6 is 15.9 Å². The lowest BCUT2D eigenvalue weighted by Crippen LogP contribution is -2.39. The number of nitrogens with two attached hydrogens (primary N) is 1. The summed E-state index contributed by atoms with van der Waals surface area (Å²) in [4.78, 5) is 25.8. The second-order valence-corrected chi connectivity index (χ2v) is 9.18. The molecule has 0 fully saturated rings. The molecular formula is C18H19BrFN3O4S. The molecule has 0 aliphatic rings. The molecule has 7 nitrogen and oxygen atoms in total. The minimum atomic E-state index is -3.81. The normalized spacial score (nSPS) is 12.6. The van der Waals surface area contributed by atoms with E-state index in [1.807, 2.05) is 0 Å². The van der Waals surface area contributed by atoms with E-state index in [9.17, 15) is 22.4 Å². The summed E-state index contributed by atoms with van der Waals surface area (Å²) >= 11 is 3.17. The van der Waals surface area contributed by atoms with Gasteiger partial charge in [-0.3, -0.25) is 9.59 Å². The van der Waals surface area contributed by atoms with Crippen LogP contribution in [-0.4, -0.2) is 50.6 Å². The summed E-state index contributed by atoms with van der Waals surface area (Å²) in [6.45, 7) is 0. The number of rotatable bonds is 6. The van der Waals surface area contributed by atoms with Crippen molar-refractivity contribution < 1.29 is 22.4 Å². The van der Waals surface area contributed by atoms with Crippen LogP contribution in [0.15, 0.2) is 51.8 Å². The second kappa shape index (κ2) is 8.38. The van der Waals surface area contributed by atoms with E-state index in [0.717, 1.165) is 15.3 Å². The molecule has 2 rings (SSSR count). The van der Waals surface area contributed by atoms with E-state index < -0.39 is 33.7 Å². The molecule has 10 heteroatoms. The Kier molecular flexibility index (Phi) is 6.58. The van der Waals surface area contributed by atoms with E-state index in [0.29, 0.717) is 0 Å². The summed E-state index contributed by atoms with van der Waals surface area (Å²) in [6, 6.07) is 8.04. The Labute approximate surface area is 171 Å². The van der Waals surface area contributed by atoms with Gasteiger partial charge in [-0.25, -0.2) is 17.1 Å². The standard InChI is InChI=1S/C18H19BrFN3O4S/c1-22(2)28(26,27)15-10-12(7-8-14(15)19)18(25)23(3)16(17(21)24)11-5-4-6-13(20)9-11/h4-10,16H,1-3H3,(H2,21,24). The molecule has 0 saturated carbocycles. The van der Waals surface area contributed by atoms with Crippen LogP contribution in [0.5, 0.6) is 0 Å². The van der Waals surface area contributed by atoms with E-state index in [2.05, 4.69) is 15.9 Å². The maximum absolute atomic E-state index is 13.6. The predicted octanol–water partition coefficient (Wildman–Crippen LogP) is 2.14. The number of amides is 2. The van der Waals surface area contributed by atoms with Crippen LogP contribution in [0.2, 0.25) is 0 Å². The molecule has 0 spiro atoms. The minimum Gasteiger partial charge on any atom is -0.368 e. The van der Waals surface area contributed by atoms with E-state index in [4.69, 9.17) is 5.73 Å². The molecule has 0 aromatic heterocycles. The van der Waals surface area contributed by atoms with E-state index in [1.165, 1.54) is 57.5 Å². The van der Waals surface area contributed by atoms with Gasteiger partial charge in [-0.1, -0.05) is 12.1 Å². The Balaban J connectivity index is 2.48. The molecule has 2 aromatic rings. The first kappa shape index (κ1) is 22.0. The van der Waals surface area contributed by atoms with Gasteiger partial charge < -0.3 is 10.6 Å². The smallest absolute Gasteiger partial charge is 0.254 e. The van der Waals surface area contributed by atoms with Crippen molar-refractivity contribution in [2.24, 2.45) is 5.73 Å². The molecule has 2 aromatic carbocycles. The molecule has 2 N–H and O–H groups in total. The summed E-state index contributed by atoms with van der Waals surface area (Å²) in [5.41, 5.74) is 5.68. The molecule has 0 aliphatic heterocycles. The number of carbonyl (C=O) groups is 2. The highest BCUT2D eigenvalue weighted by Gasteiger charge is 2.29. The average molecular weight is 472 g/mol. The summed E-state index contributed by atoms with van der Waals surface area (Å²) in [5.74, 6) is -2.07. The van der Waals surface area contributed by atoms with Gasteiger partial charge in [0.1, 0.15) is 11.9 Å². The lowest BCUT2D eigenvalue weighted by molar-refractivity contribution is -0.122. The number of primary amides is 1. The summed E-state index contributed by atoms with van der Waals surface area (Å²) in [5, 5.41) is 0. The van der Waals surface area contributed by atoms with Crippen molar-refractivity contribution in [1.29, 1.82) is 0 Å². The molecule has 28 heavy (non-hydrogen) atoms. The van der Waals surface area contributed by atoms with Gasteiger partial charge in [-0.15, -0.1) is 0 Å². The zero-order chi connectivity index (χ0) is 21.2. The zero-order valence-electron chi connectivity index (χ0n) is 15.4. The quantitative estimate of drug-likeness (QED) is 0.696. The van der Waals surface area contributed by atoms with Crippen LogP contribution in [-0.2, 0) is 14.8 Å². The fraction of sp³-hybridized carbons (Fsp3) is 0.222. The van der Waals surface area contributed by atoms with E-state index in [-0.39, 0.29) is 20.5 Å². The van der Waals surface area contributed by atoms with Gasteiger partial charge in [0.2, 0.25) is 15.9 Å². The zero-order valence-corrected chi connectivity index (χ0v) is 17.8. The third-order valence-corrected chi connectivity index (χ3v) is 6.89. The lowest BCUT2D eigenvalue weighted by Gasteiger charge is -2.26. The van der Waals surface area contributed by atoms with Crippen molar-refractivity contribution in [3.8, 4) is 0 Å². The van der Waals surface area contributed by atoms with E-state index >= 15 is 0 Å². The molecule has 0 heterocycles. The summed E-state index contributed by atoms with van der Waals surface area (Å²) in [6.07, 6.45) is 0. The fourth-order valence-corrected chi connectivity index (χ4v) is 4.45. The minimum absolute atomic E-state index is 0.0359. The van der Waals surface area contributed by atoms with Crippen LogP contribution in [0.3, 0.4) is 0 Å². The van der Waals surface area contributed by atoms with Crippen molar-refractivity contribution in [2.75, 3.05) is 21.1 Å². The highest BCUT2D eigenvalue weighted by molar-refractivity contribution is 9.10. The molecule has 0 aliphatic carbocycles. The maximum Gasteiger partial charge on any atom is 0.254 e. The predicted molar refractivity (Wildman–Crippen MR) is 105 cm³/mol. The number of carbonyl (C=O) groups excluding carboxylic acids is 2. The molecule has 1 unspecified atom stereocenters. The summed E-state index contributed by atoms with van der Waals surface area (Å²) < 4.78 is 39.8. The number of sulfonamides is 1. The van der Waals surface area contributed by atoms with Crippen molar-refractivity contribution in [2.45, 2.75) is 10.9 Å². The van der Waals surface area contributed by atoms with Crippen LogP contribution < -0.4 is 5.73 Å². The Bertz CT molecular complexity index is 1030. The van der Waals surface area contributed by atoms with Crippen molar-refractivity contribution in [3.05, 3.63) is 63.9 Å². The molecule has 2 amide bonds. The number of benzene rings is 2. The fourth-order valence-electron chi connectivity index (χ4n) is 2.61. The Morgan fingerprint density at radius 2 is 1.75 bits per heavy atom. The monoisotopic (exact) mass is 471 g/mol. The molecular weight excluding hydrogens is 453 g/mol.